The first-order valence-electron chi connectivity index (χ1n) is 5.74. The summed E-state index contributed by atoms with van der Waals surface area (Å²) < 4.78 is 9.86. The molecule has 0 unspecified atom stereocenters. The number of carbonyl (C=O) groups is 1. The molecular weight excluding hydrogens is 246 g/mol. The Bertz CT molecular complexity index is 570. The smallest absolute Gasteiger partial charge is 0.356 e. The SMILES string of the molecule is CCOc1cncc(-c2ccc(C(=O)OC)nc2)n1. The van der Waals surface area contributed by atoms with Crippen LogP contribution in [0, 0.1) is 0 Å². The Morgan fingerprint density at radius 2 is 2.11 bits per heavy atom. The molecule has 0 saturated heterocycles. The van der Waals surface area contributed by atoms with E-state index in [0.29, 0.717) is 18.2 Å². The van der Waals surface area contributed by atoms with Crippen LogP contribution < -0.4 is 4.74 Å². The molecule has 0 radical (unpaired) electrons. The Balaban J connectivity index is 2.26. The summed E-state index contributed by atoms with van der Waals surface area (Å²) in [6.07, 6.45) is 4.70. The van der Waals surface area contributed by atoms with Gasteiger partial charge in [0.2, 0.25) is 5.88 Å². The van der Waals surface area contributed by atoms with Gasteiger partial charge in [0.1, 0.15) is 5.69 Å². The molecule has 0 aliphatic rings. The molecular formula is C13H13N3O3. The molecule has 0 atom stereocenters. The van der Waals surface area contributed by atoms with E-state index in [-0.39, 0.29) is 5.69 Å². The van der Waals surface area contributed by atoms with E-state index in [0.717, 1.165) is 5.56 Å². The molecule has 0 bridgehead atoms. The fourth-order valence-corrected chi connectivity index (χ4v) is 1.48. The van der Waals surface area contributed by atoms with Crippen LogP contribution in [-0.4, -0.2) is 34.6 Å². The van der Waals surface area contributed by atoms with Gasteiger partial charge in [-0.1, -0.05) is 0 Å². The Kier molecular flexibility index (Phi) is 4.02. The third-order valence-electron chi connectivity index (χ3n) is 2.36. The van der Waals surface area contributed by atoms with Gasteiger partial charge >= 0.3 is 5.97 Å². The van der Waals surface area contributed by atoms with Crippen LogP contribution in [0.25, 0.3) is 11.3 Å². The zero-order valence-corrected chi connectivity index (χ0v) is 10.7. The Labute approximate surface area is 110 Å². The van der Waals surface area contributed by atoms with Crippen LogP contribution in [-0.2, 0) is 4.74 Å². The van der Waals surface area contributed by atoms with Gasteiger partial charge in [0.25, 0.3) is 0 Å². The molecule has 0 N–H and O–H groups in total. The Hall–Kier alpha value is -2.50. The number of ether oxygens (including phenoxy) is 2. The quantitative estimate of drug-likeness (QED) is 0.778. The highest BCUT2D eigenvalue weighted by molar-refractivity contribution is 5.87. The van der Waals surface area contributed by atoms with Crippen LogP contribution in [0.3, 0.4) is 0 Å². The minimum atomic E-state index is -0.472. The van der Waals surface area contributed by atoms with E-state index < -0.39 is 5.97 Å². The molecule has 98 valence electrons. The topological polar surface area (TPSA) is 74.2 Å². The highest BCUT2D eigenvalue weighted by atomic mass is 16.5. The molecule has 0 spiro atoms. The maximum atomic E-state index is 11.3. The van der Waals surface area contributed by atoms with Crippen LogP contribution in [0.15, 0.2) is 30.7 Å². The highest BCUT2D eigenvalue weighted by Crippen LogP contribution is 2.17. The van der Waals surface area contributed by atoms with Gasteiger partial charge in [0.15, 0.2) is 0 Å². The highest BCUT2D eigenvalue weighted by Gasteiger charge is 2.08. The Morgan fingerprint density at radius 1 is 1.26 bits per heavy atom. The average Bonchev–Trinajstić information content (AvgIpc) is 2.47. The summed E-state index contributed by atoms with van der Waals surface area (Å²) >= 11 is 0. The molecule has 6 nitrogen and oxygen atoms in total. The predicted molar refractivity (Wildman–Crippen MR) is 67.8 cm³/mol. The van der Waals surface area contributed by atoms with E-state index in [1.165, 1.54) is 7.11 Å². The Morgan fingerprint density at radius 3 is 2.74 bits per heavy atom. The zero-order chi connectivity index (χ0) is 13.7. The van der Waals surface area contributed by atoms with Crippen molar-refractivity contribution in [2.24, 2.45) is 0 Å². The van der Waals surface area contributed by atoms with Gasteiger partial charge in [-0.3, -0.25) is 4.98 Å². The second-order valence-corrected chi connectivity index (χ2v) is 3.60. The van der Waals surface area contributed by atoms with Crippen LogP contribution >= 0.6 is 0 Å². The second kappa shape index (κ2) is 5.90. The van der Waals surface area contributed by atoms with Gasteiger partial charge in [0.05, 0.1) is 31.8 Å². The first kappa shape index (κ1) is 12.9. The number of pyridine rings is 1. The summed E-state index contributed by atoms with van der Waals surface area (Å²) in [7, 11) is 1.31. The number of carbonyl (C=O) groups excluding carboxylic acids is 1. The van der Waals surface area contributed by atoms with Crippen molar-refractivity contribution in [3.05, 3.63) is 36.4 Å². The van der Waals surface area contributed by atoms with Crippen LogP contribution in [0.4, 0.5) is 0 Å². The van der Waals surface area contributed by atoms with E-state index in [2.05, 4.69) is 19.7 Å². The van der Waals surface area contributed by atoms with E-state index in [4.69, 9.17) is 4.74 Å². The van der Waals surface area contributed by atoms with Crippen LogP contribution in [0.1, 0.15) is 17.4 Å². The monoisotopic (exact) mass is 259 g/mol. The van der Waals surface area contributed by atoms with Crippen LogP contribution in [0.5, 0.6) is 5.88 Å². The van der Waals surface area contributed by atoms with Crippen molar-refractivity contribution in [1.82, 2.24) is 15.0 Å². The molecule has 0 fully saturated rings. The molecule has 2 heterocycles. The van der Waals surface area contributed by atoms with Crippen molar-refractivity contribution >= 4 is 5.97 Å². The number of methoxy groups -OCH3 is 1. The third-order valence-corrected chi connectivity index (χ3v) is 2.36. The summed E-state index contributed by atoms with van der Waals surface area (Å²) in [4.78, 5) is 23.6. The summed E-state index contributed by atoms with van der Waals surface area (Å²) in [5.41, 5.74) is 1.64. The maximum absolute atomic E-state index is 11.3. The summed E-state index contributed by atoms with van der Waals surface area (Å²) in [5, 5.41) is 0. The average molecular weight is 259 g/mol. The molecule has 6 heteroatoms. The standard InChI is InChI=1S/C13H13N3O3/c1-3-19-12-8-14-7-11(16-12)9-4-5-10(15-6-9)13(17)18-2/h4-8H,3H2,1-2H3. The third kappa shape index (κ3) is 3.04. The largest absolute Gasteiger partial charge is 0.477 e. The van der Waals surface area contributed by atoms with Gasteiger partial charge in [-0.25, -0.2) is 14.8 Å². The lowest BCUT2D eigenvalue weighted by molar-refractivity contribution is 0.0594. The van der Waals surface area contributed by atoms with Gasteiger partial charge in [-0.15, -0.1) is 0 Å². The molecule has 2 rings (SSSR count). The van der Waals surface area contributed by atoms with Crippen molar-refractivity contribution in [3.63, 3.8) is 0 Å². The van der Waals surface area contributed by atoms with Crippen molar-refractivity contribution < 1.29 is 14.3 Å². The summed E-state index contributed by atoms with van der Waals surface area (Å²) in [6.45, 7) is 2.40. The number of aromatic nitrogens is 3. The van der Waals surface area contributed by atoms with Crippen molar-refractivity contribution in [2.45, 2.75) is 6.92 Å². The fourth-order valence-electron chi connectivity index (χ4n) is 1.48. The van der Waals surface area contributed by atoms with Gasteiger partial charge in [-0.2, -0.15) is 0 Å². The lowest BCUT2D eigenvalue weighted by atomic mass is 10.2. The number of nitrogens with zero attached hydrogens (tertiary/aromatic N) is 3. The van der Waals surface area contributed by atoms with E-state index in [9.17, 15) is 4.79 Å². The minimum absolute atomic E-state index is 0.250. The molecule has 19 heavy (non-hydrogen) atoms. The second-order valence-electron chi connectivity index (χ2n) is 3.60. The number of rotatable bonds is 4. The van der Waals surface area contributed by atoms with Gasteiger partial charge < -0.3 is 9.47 Å². The zero-order valence-electron chi connectivity index (χ0n) is 10.7. The minimum Gasteiger partial charge on any atom is -0.477 e. The lowest BCUT2D eigenvalue weighted by Crippen LogP contribution is -2.03. The van der Waals surface area contributed by atoms with E-state index in [1.807, 2.05) is 6.92 Å². The van der Waals surface area contributed by atoms with Crippen molar-refractivity contribution in [2.75, 3.05) is 13.7 Å². The summed E-state index contributed by atoms with van der Waals surface area (Å²) in [5.74, 6) is -0.0160. The molecule has 0 aliphatic carbocycles. The van der Waals surface area contributed by atoms with Gasteiger partial charge in [-0.05, 0) is 19.1 Å². The normalized spacial score (nSPS) is 10.0. The summed E-state index contributed by atoms with van der Waals surface area (Å²) in [6, 6.07) is 3.31. The molecule has 0 saturated carbocycles. The molecule has 2 aromatic heterocycles. The number of hydrogen-bond acceptors (Lipinski definition) is 6. The van der Waals surface area contributed by atoms with Gasteiger partial charge in [0, 0.05) is 11.8 Å². The van der Waals surface area contributed by atoms with Crippen LogP contribution in [0.2, 0.25) is 0 Å². The maximum Gasteiger partial charge on any atom is 0.356 e. The predicted octanol–water partition coefficient (Wildman–Crippen LogP) is 1.72. The van der Waals surface area contributed by atoms with E-state index in [1.54, 1.807) is 30.7 Å². The molecule has 0 aliphatic heterocycles. The lowest BCUT2D eigenvalue weighted by Gasteiger charge is -2.04. The van der Waals surface area contributed by atoms with Crippen molar-refractivity contribution in [1.29, 1.82) is 0 Å². The number of esters is 1. The number of hydrogen-bond donors (Lipinski definition) is 0. The fraction of sp³-hybridized carbons (Fsp3) is 0.231. The van der Waals surface area contributed by atoms with E-state index >= 15 is 0 Å². The molecule has 0 amide bonds. The molecule has 2 aromatic rings. The first-order chi connectivity index (χ1) is 9.24. The first-order valence-corrected chi connectivity index (χ1v) is 5.74. The van der Waals surface area contributed by atoms with Crippen molar-refractivity contribution in [3.8, 4) is 17.1 Å². The molecule has 0 aromatic carbocycles.